The highest BCUT2D eigenvalue weighted by Gasteiger charge is 2.67. The average molecular weight is 1150 g/mol. The minimum absolute atomic E-state index is 0.455. The number of fused-ring (bicyclic) bond motifs is 7. The van der Waals surface area contributed by atoms with E-state index in [1.165, 1.54) is 38.6 Å². The second-order valence-electron chi connectivity index (χ2n) is 38.1. The molecule has 466 valence electrons. The topological polar surface area (TPSA) is 6.48 Å². The molecule has 3 aliphatic heterocycles. The lowest BCUT2D eigenvalue weighted by Gasteiger charge is -2.69. The van der Waals surface area contributed by atoms with Gasteiger partial charge in [0.1, 0.15) is 0 Å². The maximum absolute atomic E-state index is 3.86. The van der Waals surface area contributed by atoms with Gasteiger partial charge in [-0.05, 0) is 263 Å². The van der Waals surface area contributed by atoms with E-state index in [0.717, 1.165) is 177 Å². The first-order chi connectivity index (χ1) is 40.4. The van der Waals surface area contributed by atoms with E-state index in [-0.39, 0.29) is 0 Å². The Morgan fingerprint density at radius 2 is 0.867 bits per heavy atom. The number of hydrogen-bond acceptors (Lipinski definition) is 3. The molecule has 0 aromatic heterocycles. The van der Waals surface area contributed by atoms with Gasteiger partial charge in [0.2, 0.25) is 0 Å². The van der Waals surface area contributed by atoms with Gasteiger partial charge in [-0.3, -0.25) is 9.80 Å². The van der Waals surface area contributed by atoms with E-state index in [1.54, 1.807) is 231 Å². The molecule has 4 heteroatoms. The van der Waals surface area contributed by atoms with Gasteiger partial charge >= 0.3 is 0 Å². The Morgan fingerprint density at radius 3 is 1.51 bits per heavy atom. The third-order valence-electron chi connectivity index (χ3n) is 32.9. The Hall–Kier alpha value is 0.335. The number of rotatable bonds is 7. The van der Waals surface area contributed by atoms with Gasteiger partial charge < -0.3 is 0 Å². The van der Waals surface area contributed by atoms with Crippen LogP contribution in [-0.4, -0.2) is 63.8 Å². The van der Waals surface area contributed by atoms with Crippen LogP contribution in [0, 0.1) is 123 Å². The summed E-state index contributed by atoms with van der Waals surface area (Å²) in [4.78, 5) is 7.26. The normalized spacial score (nSPS) is 51.2. The van der Waals surface area contributed by atoms with Gasteiger partial charge in [0.25, 0.3) is 0 Å². The van der Waals surface area contributed by atoms with E-state index >= 15 is 0 Å². The summed E-state index contributed by atoms with van der Waals surface area (Å²) in [6.45, 7) is 18.6. The first-order valence-corrected chi connectivity index (χ1v) is 40.5. The molecule has 13 saturated carbocycles. The highest BCUT2D eigenvalue weighted by atomic mass is 32.2. The highest BCUT2D eigenvalue weighted by Crippen LogP contribution is 2.71. The van der Waals surface area contributed by atoms with Crippen molar-refractivity contribution in [2.45, 2.75) is 363 Å². The SMILES string of the molecule is CC(C)(C)C1CC2CC[C@@H]3C[C@H](C(C)(C)C)C[C@@H]4CC(C5CCC6C(C5)B5[C@@H]7C(CC(CN8C9CCCC[C@H]9C9CCCC[C@H]98)CC7N6C6[C@@H](C7CCCCC7)CCC[C@H]6C6CCCCC6)SC6CCC(C7CCCCC7)C[C@@H]56)C(C1)C2C34. The first-order valence-electron chi connectivity index (χ1n) is 39.6. The third-order valence-corrected chi connectivity index (χ3v) is 34.7. The van der Waals surface area contributed by atoms with E-state index < -0.39 is 0 Å². The van der Waals surface area contributed by atoms with Crippen LogP contribution in [0.1, 0.15) is 305 Å². The Morgan fingerprint density at radius 1 is 0.337 bits per heavy atom. The van der Waals surface area contributed by atoms with Crippen molar-refractivity contribution >= 4 is 18.5 Å². The van der Waals surface area contributed by atoms with E-state index in [9.17, 15) is 0 Å². The largest absolute Gasteiger partial charge is 0.297 e. The van der Waals surface area contributed by atoms with Crippen LogP contribution in [0.15, 0.2) is 0 Å². The number of likely N-dealkylation sites (tertiary alicyclic amines) is 1. The number of thioether (sulfide) groups is 1. The van der Waals surface area contributed by atoms with Crippen LogP contribution in [0.4, 0.5) is 0 Å². The Kier molecular flexibility index (Phi) is 16.7. The van der Waals surface area contributed by atoms with Crippen LogP contribution in [0.25, 0.3) is 0 Å². The Balaban J connectivity index is 0.806. The molecule has 17 unspecified atom stereocenters. The van der Waals surface area contributed by atoms with Crippen molar-refractivity contribution in [3.05, 3.63) is 0 Å². The van der Waals surface area contributed by atoms with Crippen LogP contribution in [0.3, 0.4) is 0 Å². The molecule has 16 fully saturated rings. The minimum Gasteiger partial charge on any atom is -0.297 e. The zero-order valence-electron chi connectivity index (χ0n) is 55.3. The molecule has 0 aromatic rings. The summed E-state index contributed by atoms with van der Waals surface area (Å²) < 4.78 is 0. The van der Waals surface area contributed by atoms with Gasteiger partial charge in [-0.2, -0.15) is 11.8 Å². The predicted octanol–water partition coefficient (Wildman–Crippen LogP) is 21.5. The number of hydrogen-bond donors (Lipinski definition) is 0. The van der Waals surface area contributed by atoms with Crippen molar-refractivity contribution in [3.63, 3.8) is 0 Å². The van der Waals surface area contributed by atoms with Crippen molar-refractivity contribution in [3.8, 4) is 0 Å². The molecular weight excluding hydrogens is 1020 g/mol. The lowest BCUT2D eigenvalue weighted by Crippen LogP contribution is -2.71. The van der Waals surface area contributed by atoms with E-state index in [0.29, 0.717) is 10.8 Å². The lowest BCUT2D eigenvalue weighted by molar-refractivity contribution is -0.154. The predicted molar refractivity (Wildman–Crippen MR) is 354 cm³/mol. The van der Waals surface area contributed by atoms with Crippen LogP contribution >= 0.6 is 11.8 Å². The smallest absolute Gasteiger partial charge is 0.155 e. The summed E-state index contributed by atoms with van der Waals surface area (Å²) in [5, 5.41) is 1.91. The lowest BCUT2D eigenvalue weighted by atomic mass is 9.20. The molecule has 13 aliphatic carbocycles. The molecule has 0 amide bonds. The Bertz CT molecular complexity index is 2130. The summed E-state index contributed by atoms with van der Waals surface area (Å²) in [6, 6.07) is 4.56. The molecule has 0 bridgehead atoms. The molecule has 3 heterocycles. The second-order valence-corrected chi connectivity index (χ2v) is 39.6. The van der Waals surface area contributed by atoms with Crippen LogP contribution in [0.2, 0.25) is 17.5 Å². The molecule has 83 heavy (non-hydrogen) atoms. The van der Waals surface area contributed by atoms with E-state index in [2.05, 4.69) is 63.1 Å². The summed E-state index contributed by atoms with van der Waals surface area (Å²) in [5.74, 6) is 22.4. The molecular formula is C79H131BN2S. The molecule has 0 N–H and O–H groups in total. The van der Waals surface area contributed by atoms with E-state index in [1.807, 2.05) is 0 Å². The average Bonchev–Trinajstić information content (AvgIpc) is 3.58. The molecule has 16 rings (SSSR count). The zero-order valence-corrected chi connectivity index (χ0v) is 56.1. The standard InChI is InChI=1S/C79H131BN2S/c1-78(2,3)58-41-55-33-34-56-42-59(79(4,5)6)47-65-64(44-57(43-58)74(55)75(56)65)54-35-37-70-66(46-54)80-67-45-53(50-21-10-7-11-22-50)36-38-72(67)83-73-40-49(48-81-68-31-18-16-27-62(68)63-28-17-19-32-69(63)81)39-71(76(73)80)82(70)77-60(51-23-12-8-13-24-51)29-20-30-61(77)52-25-14-9-15-26-52/h49-77H,7-48H2,1-6H3/t49?,53?,54?,55-,56?,57-,58+,59?,60-,61+,62+,63?,64?,65?,66?,67-,68?,69-,70?,71?,72?,73?,74?,75?,76+,77?/m1/s1. The molecule has 0 spiro atoms. The fourth-order valence-corrected chi connectivity index (χ4v) is 31.8. The molecule has 0 aromatic carbocycles. The summed E-state index contributed by atoms with van der Waals surface area (Å²) in [7, 11) is 0. The van der Waals surface area contributed by atoms with Gasteiger partial charge in [-0.15, -0.1) is 0 Å². The minimum atomic E-state index is 0.455. The summed E-state index contributed by atoms with van der Waals surface area (Å²) in [6.07, 6.45) is 64.9. The molecule has 2 nitrogen and oxygen atoms in total. The summed E-state index contributed by atoms with van der Waals surface area (Å²) in [5.41, 5.74) is 0.921. The fourth-order valence-electron chi connectivity index (χ4n) is 29.7. The van der Waals surface area contributed by atoms with Crippen molar-refractivity contribution < 1.29 is 0 Å². The molecule has 26 atom stereocenters. The second kappa shape index (κ2) is 23.8. The van der Waals surface area contributed by atoms with Crippen LogP contribution in [-0.2, 0) is 0 Å². The fraction of sp³-hybridized carbons (Fsp3) is 1.00. The maximum atomic E-state index is 3.86. The number of nitrogens with zero attached hydrogens (tertiary/aromatic N) is 2. The molecule has 0 radical (unpaired) electrons. The van der Waals surface area contributed by atoms with Crippen molar-refractivity contribution in [2.24, 2.45) is 123 Å². The van der Waals surface area contributed by atoms with Crippen LogP contribution < -0.4 is 0 Å². The quantitative estimate of drug-likeness (QED) is 0.235. The summed E-state index contributed by atoms with van der Waals surface area (Å²) >= 11 is 2.78. The zero-order chi connectivity index (χ0) is 55.9. The van der Waals surface area contributed by atoms with Gasteiger partial charge in [-0.25, -0.2) is 0 Å². The Labute approximate surface area is 518 Å². The molecule has 16 aliphatic rings. The third kappa shape index (κ3) is 10.7. The van der Waals surface area contributed by atoms with Gasteiger partial charge in [0.15, 0.2) is 6.71 Å². The van der Waals surface area contributed by atoms with Gasteiger partial charge in [-0.1, -0.05) is 183 Å². The maximum Gasteiger partial charge on any atom is 0.155 e. The first kappa shape index (κ1) is 58.4. The molecule has 3 saturated heterocycles. The van der Waals surface area contributed by atoms with Crippen molar-refractivity contribution in [2.75, 3.05) is 6.54 Å². The highest BCUT2D eigenvalue weighted by molar-refractivity contribution is 8.00. The van der Waals surface area contributed by atoms with Crippen molar-refractivity contribution in [1.82, 2.24) is 9.80 Å². The van der Waals surface area contributed by atoms with E-state index in [4.69, 9.17) is 0 Å². The van der Waals surface area contributed by atoms with Gasteiger partial charge in [0.05, 0.1) is 0 Å². The van der Waals surface area contributed by atoms with Crippen LogP contribution in [0.5, 0.6) is 0 Å². The van der Waals surface area contributed by atoms with Crippen molar-refractivity contribution in [1.29, 1.82) is 0 Å². The monoisotopic (exact) mass is 1150 g/mol. The van der Waals surface area contributed by atoms with Gasteiger partial charge in [0, 0.05) is 47.3 Å².